The van der Waals surface area contributed by atoms with Gasteiger partial charge < -0.3 is 10.4 Å². The molecule has 1 heterocycles. The van der Waals surface area contributed by atoms with Crippen molar-refractivity contribution in [3.8, 4) is 6.07 Å². The number of hydrogen-bond acceptors (Lipinski definition) is 8. The van der Waals surface area contributed by atoms with Crippen LogP contribution in [0.4, 0.5) is 11.4 Å². The number of fused-ring (bicyclic) bond motifs is 1. The van der Waals surface area contributed by atoms with Crippen molar-refractivity contribution < 1.29 is 19.6 Å². The molecule has 0 atom stereocenters. The van der Waals surface area contributed by atoms with Crippen LogP contribution in [-0.4, -0.2) is 32.6 Å². The van der Waals surface area contributed by atoms with Crippen molar-refractivity contribution in [3.05, 3.63) is 57.6 Å². The lowest BCUT2D eigenvalue weighted by molar-refractivity contribution is -0.385. The number of rotatable bonds is 6. The first-order valence-electron chi connectivity index (χ1n) is 7.63. The fourth-order valence-corrected chi connectivity index (χ4v) is 4.21. The Morgan fingerprint density at radius 1 is 1.36 bits per heavy atom. The lowest BCUT2D eigenvalue weighted by atomic mass is 10.0. The van der Waals surface area contributed by atoms with Crippen LogP contribution < -0.4 is 5.32 Å². The number of hydrogen-bond donors (Lipinski definition) is 2. The Balaban J connectivity index is 1.91. The number of carbonyl (C=O) groups excluding carboxylic acids is 1. The molecule has 1 amide bonds. The van der Waals surface area contributed by atoms with E-state index in [1.807, 2.05) is 6.07 Å². The Hall–Kier alpha value is -3.49. The summed E-state index contributed by atoms with van der Waals surface area (Å²) in [5.74, 6) is -2.06. The largest absolute Gasteiger partial charge is 0.477 e. The average Bonchev–Trinajstić information content (AvgIpc) is 3.07. The van der Waals surface area contributed by atoms with Crippen molar-refractivity contribution in [1.82, 2.24) is 4.98 Å². The number of nitro benzene ring substituents is 1. The van der Waals surface area contributed by atoms with Crippen molar-refractivity contribution in [2.24, 2.45) is 0 Å². The summed E-state index contributed by atoms with van der Waals surface area (Å²) in [6.07, 6.45) is 0. The zero-order chi connectivity index (χ0) is 20.3. The van der Waals surface area contributed by atoms with Gasteiger partial charge in [-0.25, -0.2) is 9.78 Å². The van der Waals surface area contributed by atoms with Crippen LogP contribution in [0.15, 0.2) is 40.7 Å². The Morgan fingerprint density at radius 2 is 2.14 bits per heavy atom. The summed E-state index contributed by atoms with van der Waals surface area (Å²) in [7, 11) is 0. The van der Waals surface area contributed by atoms with E-state index in [0.717, 1.165) is 10.8 Å². The van der Waals surface area contributed by atoms with E-state index in [1.165, 1.54) is 35.2 Å². The fourth-order valence-electron chi connectivity index (χ4n) is 2.44. The number of nitro groups is 1. The summed E-state index contributed by atoms with van der Waals surface area (Å²) in [4.78, 5) is 38.6. The SMILES string of the molecule is N#CCSc1nc2ccc(NC(=O)c3cccc([N+](=O)[O-])c3C(=O)O)cc2s1. The van der Waals surface area contributed by atoms with E-state index in [9.17, 15) is 24.8 Å². The van der Waals surface area contributed by atoms with Gasteiger partial charge in [-0.3, -0.25) is 14.9 Å². The molecule has 2 N–H and O–H groups in total. The van der Waals surface area contributed by atoms with Crippen LogP contribution in [0.1, 0.15) is 20.7 Å². The topological polar surface area (TPSA) is 146 Å². The molecule has 2 aromatic carbocycles. The number of carboxylic acid groups (broad SMARTS) is 1. The van der Waals surface area contributed by atoms with Crippen molar-refractivity contribution >= 4 is 56.6 Å². The highest BCUT2D eigenvalue weighted by molar-refractivity contribution is 8.01. The van der Waals surface area contributed by atoms with E-state index < -0.39 is 28.1 Å². The number of benzene rings is 2. The number of nitrogens with one attached hydrogen (secondary N) is 1. The van der Waals surface area contributed by atoms with Crippen LogP contribution in [0.3, 0.4) is 0 Å². The first-order valence-corrected chi connectivity index (χ1v) is 9.43. The molecular weight excluding hydrogens is 404 g/mol. The van der Waals surface area contributed by atoms with Gasteiger partial charge in [0.05, 0.1) is 32.5 Å². The third-order valence-corrected chi connectivity index (χ3v) is 5.61. The molecule has 0 aliphatic heterocycles. The van der Waals surface area contributed by atoms with Gasteiger partial charge in [-0.05, 0) is 24.3 Å². The van der Waals surface area contributed by atoms with Gasteiger partial charge in [-0.1, -0.05) is 17.8 Å². The maximum Gasteiger partial charge on any atom is 0.343 e. The molecule has 0 saturated heterocycles. The first kappa shape index (κ1) is 19.3. The molecule has 3 rings (SSSR count). The van der Waals surface area contributed by atoms with Gasteiger partial charge >= 0.3 is 5.97 Å². The Bertz CT molecular complexity index is 1150. The van der Waals surface area contributed by atoms with Crippen LogP contribution in [0.25, 0.3) is 10.2 Å². The molecule has 0 aliphatic carbocycles. The van der Waals surface area contributed by atoms with Crippen molar-refractivity contribution in [3.63, 3.8) is 0 Å². The third-order valence-electron chi connectivity index (χ3n) is 3.58. The Kier molecular flexibility index (Phi) is 5.53. The van der Waals surface area contributed by atoms with Gasteiger partial charge in [0.25, 0.3) is 11.6 Å². The predicted octanol–water partition coefficient (Wildman–Crippen LogP) is 3.77. The van der Waals surface area contributed by atoms with Crippen molar-refractivity contribution in [2.75, 3.05) is 11.1 Å². The summed E-state index contributed by atoms with van der Waals surface area (Å²) in [6.45, 7) is 0. The monoisotopic (exact) mass is 414 g/mol. The first-order chi connectivity index (χ1) is 13.4. The average molecular weight is 414 g/mol. The predicted molar refractivity (Wildman–Crippen MR) is 104 cm³/mol. The molecule has 3 aromatic rings. The summed E-state index contributed by atoms with van der Waals surface area (Å²) < 4.78 is 1.49. The second-order valence-corrected chi connectivity index (χ2v) is 7.58. The van der Waals surface area contributed by atoms with Crippen LogP contribution in [0.5, 0.6) is 0 Å². The van der Waals surface area contributed by atoms with E-state index >= 15 is 0 Å². The van der Waals surface area contributed by atoms with Gasteiger partial charge in [0, 0.05) is 11.8 Å². The molecule has 9 nitrogen and oxygen atoms in total. The van der Waals surface area contributed by atoms with Gasteiger partial charge in [0.2, 0.25) is 0 Å². The zero-order valence-corrected chi connectivity index (χ0v) is 15.5. The summed E-state index contributed by atoms with van der Waals surface area (Å²) in [6, 6.07) is 10.5. The van der Waals surface area contributed by atoms with Gasteiger partial charge in [-0.2, -0.15) is 5.26 Å². The molecule has 0 aliphatic rings. The normalized spacial score (nSPS) is 10.4. The van der Waals surface area contributed by atoms with E-state index in [2.05, 4.69) is 10.3 Å². The number of aromatic nitrogens is 1. The minimum absolute atomic E-state index is 0.272. The zero-order valence-electron chi connectivity index (χ0n) is 13.9. The molecule has 0 radical (unpaired) electrons. The highest BCUT2D eigenvalue weighted by Crippen LogP contribution is 2.31. The molecule has 0 bridgehead atoms. The van der Waals surface area contributed by atoms with Gasteiger partial charge in [0.1, 0.15) is 5.56 Å². The van der Waals surface area contributed by atoms with Gasteiger partial charge in [0.15, 0.2) is 4.34 Å². The highest BCUT2D eigenvalue weighted by atomic mass is 32.2. The molecule has 140 valence electrons. The maximum atomic E-state index is 12.5. The minimum Gasteiger partial charge on any atom is -0.477 e. The number of nitrogens with zero attached hydrogens (tertiary/aromatic N) is 3. The summed E-state index contributed by atoms with van der Waals surface area (Å²) in [5.41, 5.74) is -0.543. The number of amides is 1. The quantitative estimate of drug-likeness (QED) is 0.352. The van der Waals surface area contributed by atoms with Crippen molar-refractivity contribution in [1.29, 1.82) is 5.26 Å². The number of thiazole rings is 1. The molecule has 0 fully saturated rings. The van der Waals surface area contributed by atoms with E-state index in [1.54, 1.807) is 18.2 Å². The lowest BCUT2D eigenvalue weighted by Gasteiger charge is -2.08. The standard InChI is InChI=1S/C17H10N4O5S2/c18-6-7-27-17-20-11-5-4-9(8-13(11)28-17)19-15(22)10-2-1-3-12(21(25)26)14(10)16(23)24/h1-5,8H,7H2,(H,19,22)(H,23,24). The molecule has 0 unspecified atom stereocenters. The number of anilines is 1. The van der Waals surface area contributed by atoms with Crippen LogP contribution >= 0.6 is 23.1 Å². The lowest BCUT2D eigenvalue weighted by Crippen LogP contribution is -2.17. The number of thioether (sulfide) groups is 1. The highest BCUT2D eigenvalue weighted by Gasteiger charge is 2.27. The number of carboxylic acids is 1. The molecule has 0 spiro atoms. The van der Waals surface area contributed by atoms with Crippen LogP contribution in [-0.2, 0) is 0 Å². The van der Waals surface area contributed by atoms with E-state index in [-0.39, 0.29) is 11.3 Å². The fraction of sp³-hybridized carbons (Fsp3) is 0.0588. The molecule has 0 saturated carbocycles. The van der Waals surface area contributed by atoms with Crippen molar-refractivity contribution in [2.45, 2.75) is 4.34 Å². The molecule has 1 aromatic heterocycles. The molecular formula is C17H10N4O5S2. The second kappa shape index (κ2) is 8.03. The van der Waals surface area contributed by atoms with Gasteiger partial charge in [-0.15, -0.1) is 11.3 Å². The van der Waals surface area contributed by atoms with E-state index in [0.29, 0.717) is 15.5 Å². The number of carbonyl (C=O) groups is 2. The minimum atomic E-state index is -1.56. The number of nitriles is 1. The molecule has 28 heavy (non-hydrogen) atoms. The maximum absolute atomic E-state index is 12.5. The summed E-state index contributed by atoms with van der Waals surface area (Å²) in [5, 5.41) is 31.6. The molecule has 11 heteroatoms. The summed E-state index contributed by atoms with van der Waals surface area (Å²) >= 11 is 2.66. The Morgan fingerprint density at radius 3 is 2.82 bits per heavy atom. The van der Waals surface area contributed by atoms with Crippen LogP contribution in [0.2, 0.25) is 0 Å². The third kappa shape index (κ3) is 3.93. The Labute approximate surface area is 165 Å². The smallest absolute Gasteiger partial charge is 0.343 e. The number of aromatic carboxylic acids is 1. The van der Waals surface area contributed by atoms with Crippen LogP contribution in [0, 0.1) is 21.4 Å². The van der Waals surface area contributed by atoms with E-state index in [4.69, 9.17) is 5.26 Å². The second-order valence-electron chi connectivity index (χ2n) is 5.33.